The van der Waals surface area contributed by atoms with Gasteiger partial charge in [-0.3, -0.25) is 4.79 Å². The van der Waals surface area contributed by atoms with Crippen molar-refractivity contribution in [2.45, 2.75) is 6.04 Å². The van der Waals surface area contributed by atoms with Gasteiger partial charge >= 0.3 is 5.97 Å². The van der Waals surface area contributed by atoms with E-state index in [0.29, 0.717) is 18.1 Å². The van der Waals surface area contributed by atoms with Gasteiger partial charge in [0.05, 0.1) is 15.6 Å². The Balaban J connectivity index is 2.31. The molecule has 1 aliphatic rings. The monoisotopic (exact) mass is 319 g/mol. The van der Waals surface area contributed by atoms with Crippen LogP contribution < -0.4 is 0 Å². The summed E-state index contributed by atoms with van der Waals surface area (Å²) in [5, 5.41) is 9.61. The van der Waals surface area contributed by atoms with E-state index in [1.807, 2.05) is 0 Å². The number of aliphatic carboxylic acids is 1. The van der Waals surface area contributed by atoms with Gasteiger partial charge in [0.25, 0.3) is 5.91 Å². The largest absolute Gasteiger partial charge is 0.480 e. The van der Waals surface area contributed by atoms with Crippen LogP contribution in [0.4, 0.5) is 0 Å². The van der Waals surface area contributed by atoms with Gasteiger partial charge in [-0.2, -0.15) is 11.8 Å². The standard InChI is InChI=1S/C12H11Cl2NO3S/c13-8-3-1-2-7(10(8)14)11(16)15-4-5-19-6-9(15)12(17)18/h1-3,9H,4-6H2,(H,17,18). The van der Waals surface area contributed by atoms with Gasteiger partial charge in [-0.25, -0.2) is 4.79 Å². The number of thioether (sulfide) groups is 1. The highest BCUT2D eigenvalue weighted by Crippen LogP contribution is 2.28. The van der Waals surface area contributed by atoms with E-state index in [0.717, 1.165) is 0 Å². The van der Waals surface area contributed by atoms with E-state index >= 15 is 0 Å². The predicted octanol–water partition coefficient (Wildman–Crippen LogP) is 2.64. The number of carbonyl (C=O) groups is 2. The van der Waals surface area contributed by atoms with Crippen LogP contribution >= 0.6 is 35.0 Å². The molecule has 1 N–H and O–H groups in total. The maximum Gasteiger partial charge on any atom is 0.327 e. The zero-order valence-electron chi connectivity index (χ0n) is 9.81. The van der Waals surface area contributed by atoms with Crippen LogP contribution in [-0.4, -0.2) is 46.0 Å². The van der Waals surface area contributed by atoms with Crippen LogP contribution in [0.15, 0.2) is 18.2 Å². The van der Waals surface area contributed by atoms with Gasteiger partial charge in [-0.1, -0.05) is 29.3 Å². The first-order chi connectivity index (χ1) is 9.02. The van der Waals surface area contributed by atoms with Gasteiger partial charge in [0.1, 0.15) is 6.04 Å². The molecule has 19 heavy (non-hydrogen) atoms. The van der Waals surface area contributed by atoms with Gasteiger partial charge in [-0.05, 0) is 12.1 Å². The minimum atomic E-state index is -1.00. The van der Waals surface area contributed by atoms with Crippen LogP contribution in [0.25, 0.3) is 0 Å². The van der Waals surface area contributed by atoms with E-state index < -0.39 is 12.0 Å². The van der Waals surface area contributed by atoms with Crippen molar-refractivity contribution in [1.29, 1.82) is 0 Å². The fourth-order valence-electron chi connectivity index (χ4n) is 1.88. The third-order valence-electron chi connectivity index (χ3n) is 2.86. The molecule has 0 bridgehead atoms. The zero-order valence-corrected chi connectivity index (χ0v) is 12.1. The summed E-state index contributed by atoms with van der Waals surface area (Å²) in [6.45, 7) is 0.392. The van der Waals surface area contributed by atoms with Gasteiger partial charge in [0.2, 0.25) is 0 Å². The first kappa shape index (κ1) is 14.5. The molecule has 1 fully saturated rings. The number of rotatable bonds is 2. The molecule has 102 valence electrons. The Morgan fingerprint density at radius 1 is 1.37 bits per heavy atom. The Morgan fingerprint density at radius 2 is 2.11 bits per heavy atom. The Bertz CT molecular complexity index is 524. The summed E-state index contributed by atoms with van der Waals surface area (Å²) in [7, 11) is 0. The lowest BCUT2D eigenvalue weighted by Gasteiger charge is -2.32. The summed E-state index contributed by atoms with van der Waals surface area (Å²) in [5.41, 5.74) is 0.243. The van der Waals surface area contributed by atoms with E-state index in [4.69, 9.17) is 28.3 Å². The van der Waals surface area contributed by atoms with Crippen LogP contribution in [-0.2, 0) is 4.79 Å². The number of amides is 1. The van der Waals surface area contributed by atoms with E-state index in [2.05, 4.69) is 0 Å². The number of carbonyl (C=O) groups excluding carboxylic acids is 1. The Labute approximate surface area is 124 Å². The van der Waals surface area contributed by atoms with E-state index in [9.17, 15) is 9.59 Å². The van der Waals surface area contributed by atoms with Gasteiger partial charge in [-0.15, -0.1) is 0 Å². The molecule has 0 radical (unpaired) electrons. The molecule has 1 amide bonds. The lowest BCUT2D eigenvalue weighted by molar-refractivity contribution is -0.141. The van der Waals surface area contributed by atoms with Crippen LogP contribution in [0.5, 0.6) is 0 Å². The van der Waals surface area contributed by atoms with Crippen molar-refractivity contribution in [1.82, 2.24) is 4.90 Å². The van der Waals surface area contributed by atoms with Crippen molar-refractivity contribution in [3.05, 3.63) is 33.8 Å². The van der Waals surface area contributed by atoms with Crippen molar-refractivity contribution in [3.8, 4) is 0 Å². The van der Waals surface area contributed by atoms with Gasteiger partial charge in [0, 0.05) is 18.1 Å². The number of carboxylic acids is 1. The second kappa shape index (κ2) is 6.03. The van der Waals surface area contributed by atoms with Crippen LogP contribution in [0, 0.1) is 0 Å². The van der Waals surface area contributed by atoms with Crippen LogP contribution in [0.1, 0.15) is 10.4 Å². The minimum Gasteiger partial charge on any atom is -0.480 e. The molecule has 0 aliphatic carbocycles. The number of halogens is 2. The molecular formula is C12H11Cl2NO3S. The SMILES string of the molecule is O=C(O)C1CSCCN1C(=O)c1cccc(Cl)c1Cl. The second-order valence-electron chi connectivity index (χ2n) is 4.03. The maximum absolute atomic E-state index is 12.4. The molecule has 1 aromatic carbocycles. The lowest BCUT2D eigenvalue weighted by atomic mass is 10.1. The molecule has 2 rings (SSSR count). The normalized spacial score (nSPS) is 19.3. The molecule has 0 aromatic heterocycles. The summed E-state index contributed by atoms with van der Waals surface area (Å²) >= 11 is 13.4. The van der Waals surface area contributed by atoms with Crippen molar-refractivity contribution in [3.63, 3.8) is 0 Å². The number of carboxylic acid groups (broad SMARTS) is 1. The average Bonchev–Trinajstić information content (AvgIpc) is 2.41. The summed E-state index contributed by atoms with van der Waals surface area (Å²) in [5.74, 6) is -0.286. The predicted molar refractivity (Wildman–Crippen MR) is 76.2 cm³/mol. The van der Waals surface area contributed by atoms with Crippen LogP contribution in [0.3, 0.4) is 0 Å². The quantitative estimate of drug-likeness (QED) is 0.910. The van der Waals surface area contributed by atoms with Gasteiger partial charge in [0.15, 0.2) is 0 Å². The zero-order chi connectivity index (χ0) is 14.0. The highest BCUT2D eigenvalue weighted by molar-refractivity contribution is 7.99. The Hall–Kier alpha value is -0.910. The highest BCUT2D eigenvalue weighted by atomic mass is 35.5. The van der Waals surface area contributed by atoms with Crippen molar-refractivity contribution in [2.24, 2.45) is 0 Å². The highest BCUT2D eigenvalue weighted by Gasteiger charge is 2.33. The molecule has 1 aromatic rings. The molecule has 1 unspecified atom stereocenters. The fourth-order valence-corrected chi connectivity index (χ4v) is 3.29. The van der Waals surface area contributed by atoms with Crippen LogP contribution in [0.2, 0.25) is 10.0 Å². The molecule has 0 spiro atoms. The third kappa shape index (κ3) is 2.99. The summed E-state index contributed by atoms with van der Waals surface area (Å²) in [6.07, 6.45) is 0. The fraction of sp³-hybridized carbons (Fsp3) is 0.333. The number of hydrogen-bond donors (Lipinski definition) is 1. The molecular weight excluding hydrogens is 309 g/mol. The van der Waals surface area contributed by atoms with Crippen molar-refractivity contribution < 1.29 is 14.7 Å². The van der Waals surface area contributed by atoms with E-state index in [-0.39, 0.29) is 21.5 Å². The number of benzene rings is 1. The number of nitrogens with zero attached hydrogens (tertiary/aromatic N) is 1. The molecule has 0 saturated carbocycles. The molecule has 1 aliphatic heterocycles. The smallest absolute Gasteiger partial charge is 0.327 e. The van der Waals surface area contributed by atoms with E-state index in [1.165, 1.54) is 16.7 Å². The van der Waals surface area contributed by atoms with Crippen molar-refractivity contribution >= 4 is 46.8 Å². The molecule has 7 heteroatoms. The maximum atomic E-state index is 12.4. The third-order valence-corrected chi connectivity index (χ3v) is 4.70. The Morgan fingerprint density at radius 3 is 2.79 bits per heavy atom. The number of hydrogen-bond acceptors (Lipinski definition) is 3. The lowest BCUT2D eigenvalue weighted by Crippen LogP contribution is -2.50. The second-order valence-corrected chi connectivity index (χ2v) is 5.96. The van der Waals surface area contributed by atoms with Crippen molar-refractivity contribution in [2.75, 3.05) is 18.1 Å². The molecule has 1 heterocycles. The van der Waals surface area contributed by atoms with E-state index in [1.54, 1.807) is 18.2 Å². The summed E-state index contributed by atoms with van der Waals surface area (Å²) < 4.78 is 0. The topological polar surface area (TPSA) is 57.6 Å². The molecule has 1 atom stereocenters. The summed E-state index contributed by atoms with van der Waals surface area (Å²) in [6, 6.07) is 3.94. The average molecular weight is 320 g/mol. The van der Waals surface area contributed by atoms with Gasteiger partial charge < -0.3 is 10.0 Å². The minimum absolute atomic E-state index is 0.163. The molecule has 4 nitrogen and oxygen atoms in total. The molecule has 1 saturated heterocycles. The first-order valence-electron chi connectivity index (χ1n) is 5.58. The summed E-state index contributed by atoms with van der Waals surface area (Å²) in [4.78, 5) is 24.9. The Kier molecular flexibility index (Phi) is 4.60. The first-order valence-corrected chi connectivity index (χ1v) is 7.49.